The largest absolute Gasteiger partial charge is 0.496 e. The first-order valence-electron chi connectivity index (χ1n) is 8.66. The summed E-state index contributed by atoms with van der Waals surface area (Å²) >= 11 is 0. The van der Waals surface area contributed by atoms with Crippen LogP contribution in [0.15, 0.2) is 36.4 Å². The normalized spacial score (nSPS) is 10.5. The van der Waals surface area contributed by atoms with Crippen molar-refractivity contribution < 1.29 is 9.53 Å². The standard InChI is InChI=1S/C21H27NO2/c1-5-7-9-16-10-8-11-18(13-16)21(23)22-19-12-15(3)20(24-4)17(6-2)14-19/h8,10-14H,5-7,9H2,1-4H3,(H,22,23). The Morgan fingerprint density at radius 3 is 2.62 bits per heavy atom. The zero-order chi connectivity index (χ0) is 17.5. The van der Waals surface area contributed by atoms with Gasteiger partial charge < -0.3 is 10.1 Å². The summed E-state index contributed by atoms with van der Waals surface area (Å²) in [5.41, 5.74) is 4.86. The van der Waals surface area contributed by atoms with Gasteiger partial charge >= 0.3 is 0 Å². The number of rotatable bonds is 7. The fourth-order valence-corrected chi connectivity index (χ4v) is 2.93. The molecule has 0 unspecified atom stereocenters. The summed E-state index contributed by atoms with van der Waals surface area (Å²) in [5.74, 6) is 0.831. The van der Waals surface area contributed by atoms with Gasteiger partial charge in [0.25, 0.3) is 5.91 Å². The number of ether oxygens (including phenoxy) is 1. The zero-order valence-electron chi connectivity index (χ0n) is 15.1. The van der Waals surface area contributed by atoms with Crippen LogP contribution in [0, 0.1) is 6.92 Å². The van der Waals surface area contributed by atoms with E-state index in [4.69, 9.17) is 4.74 Å². The maximum absolute atomic E-state index is 12.6. The van der Waals surface area contributed by atoms with E-state index in [0.717, 1.165) is 48.2 Å². The van der Waals surface area contributed by atoms with Crippen LogP contribution >= 0.6 is 0 Å². The van der Waals surface area contributed by atoms with Gasteiger partial charge in [-0.2, -0.15) is 0 Å². The highest BCUT2D eigenvalue weighted by Crippen LogP contribution is 2.28. The molecule has 0 aromatic heterocycles. The van der Waals surface area contributed by atoms with Gasteiger partial charge in [0.2, 0.25) is 0 Å². The Balaban J connectivity index is 2.19. The highest BCUT2D eigenvalue weighted by Gasteiger charge is 2.11. The number of anilines is 1. The molecule has 3 nitrogen and oxygen atoms in total. The van der Waals surface area contributed by atoms with Crippen LogP contribution in [0.4, 0.5) is 5.69 Å². The molecule has 0 radical (unpaired) electrons. The number of carbonyl (C=O) groups excluding carboxylic acids is 1. The number of hydrogen-bond donors (Lipinski definition) is 1. The molecule has 0 saturated carbocycles. The van der Waals surface area contributed by atoms with Crippen molar-refractivity contribution in [1.82, 2.24) is 0 Å². The first-order valence-corrected chi connectivity index (χ1v) is 8.66. The summed E-state index contributed by atoms with van der Waals surface area (Å²) in [7, 11) is 1.68. The second-order valence-corrected chi connectivity index (χ2v) is 6.10. The van der Waals surface area contributed by atoms with Crippen LogP contribution in [0.1, 0.15) is 53.7 Å². The molecule has 1 N–H and O–H groups in total. The molecule has 0 fully saturated rings. The number of hydrogen-bond acceptors (Lipinski definition) is 2. The summed E-state index contributed by atoms with van der Waals surface area (Å²) in [5, 5.41) is 3.01. The quantitative estimate of drug-likeness (QED) is 0.763. The summed E-state index contributed by atoms with van der Waals surface area (Å²) in [6, 6.07) is 11.8. The van der Waals surface area contributed by atoms with Gasteiger partial charge in [-0.15, -0.1) is 0 Å². The molecule has 0 heterocycles. The molecule has 0 aliphatic heterocycles. The Kier molecular flexibility index (Phi) is 6.42. The maximum Gasteiger partial charge on any atom is 0.255 e. The van der Waals surface area contributed by atoms with Gasteiger partial charge in [0.05, 0.1) is 7.11 Å². The summed E-state index contributed by atoms with van der Waals surface area (Å²) < 4.78 is 5.45. The van der Waals surface area contributed by atoms with Crippen molar-refractivity contribution in [2.24, 2.45) is 0 Å². The fraction of sp³-hybridized carbons (Fsp3) is 0.381. The number of amides is 1. The van der Waals surface area contributed by atoms with E-state index in [9.17, 15) is 4.79 Å². The Bertz CT molecular complexity index is 707. The van der Waals surface area contributed by atoms with E-state index in [1.807, 2.05) is 37.3 Å². The van der Waals surface area contributed by atoms with Crippen LogP contribution in [0.2, 0.25) is 0 Å². The molecule has 24 heavy (non-hydrogen) atoms. The first kappa shape index (κ1) is 18.1. The van der Waals surface area contributed by atoms with E-state index in [1.54, 1.807) is 7.11 Å². The minimum Gasteiger partial charge on any atom is -0.496 e. The van der Waals surface area contributed by atoms with Crippen molar-refractivity contribution in [2.45, 2.75) is 46.5 Å². The predicted octanol–water partition coefficient (Wildman–Crippen LogP) is 5.16. The van der Waals surface area contributed by atoms with Crippen molar-refractivity contribution in [1.29, 1.82) is 0 Å². The van der Waals surface area contributed by atoms with Crippen LogP contribution < -0.4 is 10.1 Å². The Labute approximate surface area is 145 Å². The van der Waals surface area contributed by atoms with Gasteiger partial charge in [-0.05, 0) is 67.1 Å². The van der Waals surface area contributed by atoms with Gasteiger partial charge in [-0.1, -0.05) is 32.4 Å². The highest BCUT2D eigenvalue weighted by atomic mass is 16.5. The van der Waals surface area contributed by atoms with Crippen molar-refractivity contribution in [2.75, 3.05) is 12.4 Å². The summed E-state index contributed by atoms with van der Waals surface area (Å²) in [6.07, 6.45) is 4.17. The lowest BCUT2D eigenvalue weighted by atomic mass is 10.0. The molecule has 0 atom stereocenters. The lowest BCUT2D eigenvalue weighted by Gasteiger charge is -2.14. The highest BCUT2D eigenvalue weighted by molar-refractivity contribution is 6.04. The average molecular weight is 325 g/mol. The van der Waals surface area contributed by atoms with Crippen LogP contribution in [0.5, 0.6) is 5.75 Å². The molecule has 0 saturated heterocycles. The predicted molar refractivity (Wildman–Crippen MR) is 100 cm³/mol. The van der Waals surface area contributed by atoms with Crippen LogP contribution in [0.25, 0.3) is 0 Å². The van der Waals surface area contributed by atoms with E-state index < -0.39 is 0 Å². The molecule has 2 aromatic rings. The third-order valence-electron chi connectivity index (χ3n) is 4.20. The maximum atomic E-state index is 12.6. The number of nitrogens with one attached hydrogen (secondary N) is 1. The van der Waals surface area contributed by atoms with Crippen molar-refractivity contribution in [3.05, 3.63) is 58.7 Å². The van der Waals surface area contributed by atoms with E-state index >= 15 is 0 Å². The van der Waals surface area contributed by atoms with E-state index in [2.05, 4.69) is 25.2 Å². The third kappa shape index (κ3) is 4.38. The van der Waals surface area contributed by atoms with Gasteiger partial charge in [-0.25, -0.2) is 0 Å². The molecule has 2 rings (SSSR count). The Hall–Kier alpha value is -2.29. The molecule has 2 aromatic carbocycles. The minimum atomic E-state index is -0.0695. The number of aryl methyl sites for hydroxylation is 3. The lowest BCUT2D eigenvalue weighted by molar-refractivity contribution is 0.102. The SMILES string of the molecule is CCCCc1cccc(C(=O)Nc2cc(C)c(OC)c(CC)c2)c1. The summed E-state index contributed by atoms with van der Waals surface area (Å²) in [4.78, 5) is 12.6. The number of unbranched alkanes of at least 4 members (excludes halogenated alkanes) is 1. The second-order valence-electron chi connectivity index (χ2n) is 6.10. The molecule has 1 amide bonds. The van der Waals surface area contributed by atoms with E-state index in [1.165, 1.54) is 5.56 Å². The fourth-order valence-electron chi connectivity index (χ4n) is 2.93. The van der Waals surface area contributed by atoms with Crippen molar-refractivity contribution >= 4 is 11.6 Å². The first-order chi connectivity index (χ1) is 11.6. The zero-order valence-corrected chi connectivity index (χ0v) is 15.1. The van der Waals surface area contributed by atoms with Crippen LogP contribution in [0.3, 0.4) is 0 Å². The molecule has 0 bridgehead atoms. The Morgan fingerprint density at radius 2 is 1.96 bits per heavy atom. The molecule has 0 aliphatic carbocycles. The summed E-state index contributed by atoms with van der Waals surface area (Å²) in [6.45, 7) is 6.26. The monoisotopic (exact) mass is 325 g/mol. The van der Waals surface area contributed by atoms with E-state index in [0.29, 0.717) is 5.56 Å². The number of benzene rings is 2. The lowest BCUT2D eigenvalue weighted by Crippen LogP contribution is -2.13. The third-order valence-corrected chi connectivity index (χ3v) is 4.20. The molecular formula is C21H27NO2. The van der Waals surface area contributed by atoms with Crippen LogP contribution in [-0.2, 0) is 12.8 Å². The van der Waals surface area contributed by atoms with Gasteiger partial charge in [0.1, 0.15) is 5.75 Å². The van der Waals surface area contributed by atoms with Gasteiger partial charge in [0, 0.05) is 11.3 Å². The van der Waals surface area contributed by atoms with E-state index in [-0.39, 0.29) is 5.91 Å². The number of carbonyl (C=O) groups is 1. The van der Waals surface area contributed by atoms with Crippen molar-refractivity contribution in [3.8, 4) is 5.75 Å². The van der Waals surface area contributed by atoms with Crippen molar-refractivity contribution in [3.63, 3.8) is 0 Å². The van der Waals surface area contributed by atoms with Crippen LogP contribution in [-0.4, -0.2) is 13.0 Å². The molecule has 3 heteroatoms. The second kappa shape index (κ2) is 8.53. The smallest absolute Gasteiger partial charge is 0.255 e. The molecule has 0 aliphatic rings. The topological polar surface area (TPSA) is 38.3 Å². The Morgan fingerprint density at radius 1 is 1.17 bits per heavy atom. The molecule has 128 valence electrons. The van der Waals surface area contributed by atoms with Gasteiger partial charge in [-0.3, -0.25) is 4.79 Å². The number of methoxy groups -OCH3 is 1. The molecular weight excluding hydrogens is 298 g/mol. The minimum absolute atomic E-state index is 0.0695. The van der Waals surface area contributed by atoms with Gasteiger partial charge in [0.15, 0.2) is 0 Å². The average Bonchev–Trinajstić information content (AvgIpc) is 2.59. The molecule has 0 spiro atoms.